The van der Waals surface area contributed by atoms with Crippen molar-refractivity contribution in [2.45, 2.75) is 18.9 Å². The third-order valence-electron chi connectivity index (χ3n) is 3.93. The van der Waals surface area contributed by atoms with Gasteiger partial charge in [0.15, 0.2) is 5.65 Å². The minimum Gasteiger partial charge on any atom is -0.376 e. The lowest BCUT2D eigenvalue weighted by molar-refractivity contribution is 0.120. The van der Waals surface area contributed by atoms with Crippen molar-refractivity contribution in [3.63, 3.8) is 0 Å². The van der Waals surface area contributed by atoms with Gasteiger partial charge in [0.1, 0.15) is 11.6 Å². The van der Waals surface area contributed by atoms with Crippen molar-refractivity contribution in [2.24, 2.45) is 0 Å². The van der Waals surface area contributed by atoms with Gasteiger partial charge in [0.2, 0.25) is 5.95 Å². The molecular weight excluding hydrogens is 311 g/mol. The van der Waals surface area contributed by atoms with E-state index in [4.69, 9.17) is 4.74 Å². The monoisotopic (exact) mass is 328 g/mol. The Kier molecular flexibility index (Phi) is 3.96. The van der Waals surface area contributed by atoms with Crippen molar-refractivity contribution in [3.05, 3.63) is 36.3 Å². The van der Waals surface area contributed by atoms with Crippen LogP contribution in [0.4, 0.5) is 21.8 Å². The Hall–Kier alpha value is -2.74. The second-order valence-corrected chi connectivity index (χ2v) is 5.68. The maximum atomic E-state index is 13.1. The SMILES string of the molecule is Fc1ccc(Nc2nc(NCC3CCCO3)nc3[nH]ncc23)cc1. The standard InChI is InChI=1S/C16H17FN6O/c17-10-3-5-11(6-4-10)20-14-13-9-19-23-15(13)22-16(21-14)18-8-12-2-1-7-24-12/h3-6,9,12H,1-2,7-8H2,(H3,18,19,20,21,22,23). The highest BCUT2D eigenvalue weighted by atomic mass is 19.1. The maximum Gasteiger partial charge on any atom is 0.226 e. The first-order valence-electron chi connectivity index (χ1n) is 7.87. The molecule has 7 nitrogen and oxygen atoms in total. The van der Waals surface area contributed by atoms with Crippen molar-refractivity contribution < 1.29 is 9.13 Å². The average molecular weight is 328 g/mol. The molecule has 1 aliphatic heterocycles. The number of hydrogen-bond donors (Lipinski definition) is 3. The number of anilines is 3. The molecule has 1 aromatic carbocycles. The maximum absolute atomic E-state index is 13.1. The smallest absolute Gasteiger partial charge is 0.226 e. The zero-order valence-corrected chi connectivity index (χ0v) is 12.9. The molecule has 124 valence electrons. The van der Waals surface area contributed by atoms with Crippen LogP contribution in [0.15, 0.2) is 30.5 Å². The van der Waals surface area contributed by atoms with Gasteiger partial charge in [0, 0.05) is 18.8 Å². The first kappa shape index (κ1) is 14.8. The lowest BCUT2D eigenvalue weighted by Gasteiger charge is -2.12. The summed E-state index contributed by atoms with van der Waals surface area (Å²) in [6.07, 6.45) is 3.98. The normalized spacial score (nSPS) is 17.3. The number of benzene rings is 1. The summed E-state index contributed by atoms with van der Waals surface area (Å²) in [4.78, 5) is 8.93. The zero-order valence-electron chi connectivity index (χ0n) is 12.9. The molecule has 1 aliphatic rings. The molecule has 8 heteroatoms. The van der Waals surface area contributed by atoms with E-state index in [0.29, 0.717) is 24.0 Å². The minimum absolute atomic E-state index is 0.194. The number of aromatic nitrogens is 4. The number of fused-ring (bicyclic) bond motifs is 1. The predicted octanol–water partition coefficient (Wildman–Crippen LogP) is 2.83. The number of nitrogens with zero attached hydrogens (tertiary/aromatic N) is 3. The first-order valence-corrected chi connectivity index (χ1v) is 7.87. The zero-order chi connectivity index (χ0) is 16.4. The topological polar surface area (TPSA) is 87.8 Å². The Morgan fingerprint density at radius 3 is 2.92 bits per heavy atom. The third kappa shape index (κ3) is 3.13. The summed E-state index contributed by atoms with van der Waals surface area (Å²) >= 11 is 0. The number of H-pyrrole nitrogens is 1. The molecule has 3 heterocycles. The second kappa shape index (κ2) is 6.40. The van der Waals surface area contributed by atoms with Crippen LogP contribution in [0.1, 0.15) is 12.8 Å². The molecule has 0 aliphatic carbocycles. The van der Waals surface area contributed by atoms with Gasteiger partial charge in [0.05, 0.1) is 17.7 Å². The molecule has 0 saturated carbocycles. The van der Waals surface area contributed by atoms with Gasteiger partial charge in [0.25, 0.3) is 0 Å². The molecule has 3 aromatic rings. The molecule has 1 atom stereocenters. The molecular formula is C16H17FN6O. The number of hydrogen-bond acceptors (Lipinski definition) is 6. The van der Waals surface area contributed by atoms with E-state index in [9.17, 15) is 4.39 Å². The summed E-state index contributed by atoms with van der Waals surface area (Å²) in [6, 6.07) is 6.10. The van der Waals surface area contributed by atoms with E-state index in [1.54, 1.807) is 18.3 Å². The number of ether oxygens (including phenoxy) is 1. The highest BCUT2D eigenvalue weighted by Gasteiger charge is 2.16. The van der Waals surface area contributed by atoms with Gasteiger partial charge >= 0.3 is 0 Å². The molecule has 1 saturated heterocycles. The van der Waals surface area contributed by atoms with Crippen LogP contribution in [-0.2, 0) is 4.74 Å². The van der Waals surface area contributed by atoms with Crippen LogP contribution in [0.3, 0.4) is 0 Å². The summed E-state index contributed by atoms with van der Waals surface area (Å²) in [5.74, 6) is 0.817. The largest absolute Gasteiger partial charge is 0.376 e. The van der Waals surface area contributed by atoms with Crippen molar-refractivity contribution in [1.82, 2.24) is 20.2 Å². The molecule has 1 unspecified atom stereocenters. The molecule has 24 heavy (non-hydrogen) atoms. The fourth-order valence-electron chi connectivity index (χ4n) is 2.69. The Bertz CT molecular complexity index is 828. The number of rotatable bonds is 5. The van der Waals surface area contributed by atoms with Crippen molar-refractivity contribution in [3.8, 4) is 0 Å². The minimum atomic E-state index is -0.282. The number of halogens is 1. The molecule has 0 radical (unpaired) electrons. The van der Waals surface area contributed by atoms with Crippen LogP contribution < -0.4 is 10.6 Å². The Morgan fingerprint density at radius 1 is 1.25 bits per heavy atom. The quantitative estimate of drug-likeness (QED) is 0.667. The van der Waals surface area contributed by atoms with Crippen LogP contribution in [0.2, 0.25) is 0 Å². The summed E-state index contributed by atoms with van der Waals surface area (Å²) in [6.45, 7) is 1.47. The predicted molar refractivity (Wildman–Crippen MR) is 88.8 cm³/mol. The molecule has 0 spiro atoms. The van der Waals surface area contributed by atoms with Gasteiger partial charge in [-0.3, -0.25) is 5.10 Å². The summed E-state index contributed by atoms with van der Waals surface area (Å²) in [7, 11) is 0. The average Bonchev–Trinajstić information content (AvgIpc) is 3.26. The number of nitrogens with one attached hydrogen (secondary N) is 3. The van der Waals surface area contributed by atoms with E-state index in [0.717, 1.165) is 30.5 Å². The molecule has 3 N–H and O–H groups in total. The summed E-state index contributed by atoms with van der Waals surface area (Å²) < 4.78 is 18.6. The fraction of sp³-hybridized carbons (Fsp3) is 0.312. The van der Waals surface area contributed by atoms with Gasteiger partial charge in [-0.2, -0.15) is 15.1 Å². The molecule has 1 fully saturated rings. The van der Waals surface area contributed by atoms with Gasteiger partial charge in [-0.05, 0) is 37.1 Å². The molecule has 0 bridgehead atoms. The fourth-order valence-corrected chi connectivity index (χ4v) is 2.69. The van der Waals surface area contributed by atoms with Crippen LogP contribution >= 0.6 is 0 Å². The highest BCUT2D eigenvalue weighted by Crippen LogP contribution is 2.24. The van der Waals surface area contributed by atoms with Crippen LogP contribution in [0.5, 0.6) is 0 Å². The van der Waals surface area contributed by atoms with Gasteiger partial charge in [-0.15, -0.1) is 0 Å². The van der Waals surface area contributed by atoms with E-state index >= 15 is 0 Å². The molecule has 0 amide bonds. The summed E-state index contributed by atoms with van der Waals surface area (Å²) in [5, 5.41) is 14.0. The molecule has 2 aromatic heterocycles. The highest BCUT2D eigenvalue weighted by molar-refractivity contribution is 5.88. The second-order valence-electron chi connectivity index (χ2n) is 5.68. The van der Waals surface area contributed by atoms with Crippen LogP contribution in [0, 0.1) is 5.82 Å². The summed E-state index contributed by atoms with van der Waals surface area (Å²) in [5.41, 5.74) is 1.37. The first-order chi connectivity index (χ1) is 11.8. The van der Waals surface area contributed by atoms with E-state index < -0.39 is 0 Å². The van der Waals surface area contributed by atoms with Gasteiger partial charge in [-0.25, -0.2) is 4.39 Å². The Morgan fingerprint density at radius 2 is 2.12 bits per heavy atom. The van der Waals surface area contributed by atoms with Crippen molar-refractivity contribution >= 4 is 28.5 Å². The van der Waals surface area contributed by atoms with Gasteiger partial charge in [-0.1, -0.05) is 0 Å². The van der Waals surface area contributed by atoms with E-state index in [-0.39, 0.29) is 11.9 Å². The third-order valence-corrected chi connectivity index (χ3v) is 3.93. The van der Waals surface area contributed by atoms with Crippen molar-refractivity contribution in [1.29, 1.82) is 0 Å². The Balaban J connectivity index is 1.58. The van der Waals surface area contributed by atoms with Gasteiger partial charge < -0.3 is 15.4 Å². The van der Waals surface area contributed by atoms with E-state index in [1.807, 2.05) is 0 Å². The lowest BCUT2D eigenvalue weighted by atomic mass is 10.2. The number of aromatic amines is 1. The molecule has 4 rings (SSSR count). The lowest BCUT2D eigenvalue weighted by Crippen LogP contribution is -2.19. The Labute approximate surface area is 137 Å². The van der Waals surface area contributed by atoms with Crippen molar-refractivity contribution in [2.75, 3.05) is 23.8 Å². The van der Waals surface area contributed by atoms with Crippen LogP contribution in [0.25, 0.3) is 11.0 Å². The van der Waals surface area contributed by atoms with Crippen LogP contribution in [-0.4, -0.2) is 39.4 Å². The van der Waals surface area contributed by atoms with E-state index in [2.05, 4.69) is 30.8 Å². The van der Waals surface area contributed by atoms with E-state index in [1.165, 1.54) is 12.1 Å².